The Bertz CT molecular complexity index is 648. The van der Waals surface area contributed by atoms with Gasteiger partial charge in [0.05, 0.1) is 19.3 Å². The van der Waals surface area contributed by atoms with Crippen molar-refractivity contribution >= 4 is 5.97 Å². The van der Waals surface area contributed by atoms with Crippen molar-refractivity contribution in [3.8, 4) is 0 Å². The van der Waals surface area contributed by atoms with E-state index in [0.717, 1.165) is 50.5 Å². The van der Waals surface area contributed by atoms with Gasteiger partial charge in [0.1, 0.15) is 0 Å². The summed E-state index contributed by atoms with van der Waals surface area (Å²) in [6, 6.07) is 0.136. The van der Waals surface area contributed by atoms with Crippen LogP contribution in [0.1, 0.15) is 58.8 Å². The lowest BCUT2D eigenvalue weighted by Crippen LogP contribution is -2.64. The number of hydrogen-bond donors (Lipinski definition) is 3. The van der Waals surface area contributed by atoms with Crippen LogP contribution in [0, 0.1) is 34.5 Å². The van der Waals surface area contributed by atoms with Gasteiger partial charge in [-0.05, 0) is 79.4 Å². The number of aliphatic hydroxyl groups is 2. The van der Waals surface area contributed by atoms with E-state index in [2.05, 4.69) is 13.8 Å². The molecular weight excluding hydrogens is 342 g/mol. The molecule has 4 saturated carbocycles. The summed E-state index contributed by atoms with van der Waals surface area (Å²) in [7, 11) is 1.42. The zero-order valence-corrected chi connectivity index (χ0v) is 16.9. The average molecular weight is 378 g/mol. The lowest BCUT2D eigenvalue weighted by atomic mass is 9.43. The molecule has 4 rings (SSSR count). The van der Waals surface area contributed by atoms with E-state index >= 15 is 0 Å². The Kier molecular flexibility index (Phi) is 4.72. The first-order chi connectivity index (χ1) is 12.7. The van der Waals surface area contributed by atoms with Crippen LogP contribution in [-0.4, -0.2) is 41.5 Å². The SMILES string of the molecule is COC(=O)/C=C1\CCC2C3C(CC[C@]12C)[C@@]1(C)CC[C@@H](N)CC1[C@@H](O)[C@@H]3O. The first-order valence-corrected chi connectivity index (χ1v) is 10.6. The molecule has 0 aliphatic heterocycles. The van der Waals surface area contributed by atoms with E-state index in [-0.39, 0.29) is 34.7 Å². The Balaban J connectivity index is 1.69. The fraction of sp³-hybridized carbons (Fsp3) is 0.864. The molecule has 4 aliphatic carbocycles. The lowest BCUT2D eigenvalue weighted by Gasteiger charge is -2.63. The summed E-state index contributed by atoms with van der Waals surface area (Å²) in [6.07, 6.45) is 7.09. The molecular formula is C22H35NO4. The predicted molar refractivity (Wildman–Crippen MR) is 103 cm³/mol. The smallest absolute Gasteiger partial charge is 0.330 e. The fourth-order valence-corrected chi connectivity index (χ4v) is 7.58. The van der Waals surface area contributed by atoms with Crippen LogP contribution in [0.2, 0.25) is 0 Å². The molecule has 4 N–H and O–H groups in total. The average Bonchev–Trinajstić information content (AvgIpc) is 2.97. The predicted octanol–water partition coefficient (Wildman–Crippen LogP) is 2.40. The molecule has 5 nitrogen and oxygen atoms in total. The summed E-state index contributed by atoms with van der Waals surface area (Å²) in [6.45, 7) is 4.58. The Labute approximate surface area is 162 Å². The third-order valence-corrected chi connectivity index (χ3v) is 9.13. The minimum Gasteiger partial charge on any atom is -0.466 e. The van der Waals surface area contributed by atoms with Crippen molar-refractivity contribution < 1.29 is 19.7 Å². The van der Waals surface area contributed by atoms with Gasteiger partial charge < -0.3 is 20.7 Å². The van der Waals surface area contributed by atoms with Crippen LogP contribution in [0.3, 0.4) is 0 Å². The van der Waals surface area contributed by atoms with Crippen molar-refractivity contribution in [3.05, 3.63) is 11.6 Å². The molecule has 0 bridgehead atoms. The van der Waals surface area contributed by atoms with Gasteiger partial charge in [-0.25, -0.2) is 4.79 Å². The molecule has 152 valence electrons. The van der Waals surface area contributed by atoms with Crippen molar-refractivity contribution in [2.45, 2.75) is 77.0 Å². The number of fused-ring (bicyclic) bond motifs is 5. The Morgan fingerprint density at radius 3 is 2.56 bits per heavy atom. The van der Waals surface area contributed by atoms with Gasteiger partial charge in [-0.1, -0.05) is 19.4 Å². The third kappa shape index (κ3) is 2.72. The molecule has 0 aromatic carbocycles. The van der Waals surface area contributed by atoms with Gasteiger partial charge in [-0.3, -0.25) is 0 Å². The second kappa shape index (κ2) is 6.57. The highest BCUT2D eigenvalue weighted by Gasteiger charge is 2.64. The molecule has 4 fully saturated rings. The number of allylic oxidation sites excluding steroid dienone is 1. The number of methoxy groups -OCH3 is 1. The quantitative estimate of drug-likeness (QED) is 0.482. The molecule has 4 aliphatic rings. The van der Waals surface area contributed by atoms with Crippen molar-refractivity contribution in [2.75, 3.05) is 7.11 Å². The molecule has 0 spiro atoms. The number of nitrogens with two attached hydrogens (primary N) is 1. The summed E-state index contributed by atoms with van der Waals surface area (Å²) < 4.78 is 4.86. The lowest BCUT2D eigenvalue weighted by molar-refractivity contribution is -0.210. The number of carbonyl (C=O) groups is 1. The molecule has 0 saturated heterocycles. The van der Waals surface area contributed by atoms with Crippen LogP contribution in [0.15, 0.2) is 11.6 Å². The van der Waals surface area contributed by atoms with Crippen molar-refractivity contribution in [3.63, 3.8) is 0 Å². The highest BCUT2D eigenvalue weighted by atomic mass is 16.5. The summed E-state index contributed by atoms with van der Waals surface area (Å²) in [4.78, 5) is 11.9. The second-order valence-corrected chi connectivity index (χ2v) is 10.1. The molecule has 5 heteroatoms. The van der Waals surface area contributed by atoms with Crippen LogP contribution in [0.5, 0.6) is 0 Å². The number of ether oxygens (including phenoxy) is 1. The van der Waals surface area contributed by atoms with Crippen molar-refractivity contribution in [2.24, 2.45) is 40.2 Å². The number of aliphatic hydroxyl groups excluding tert-OH is 2. The highest BCUT2D eigenvalue weighted by molar-refractivity contribution is 5.83. The molecule has 0 aromatic heterocycles. The maximum absolute atomic E-state index is 11.9. The highest BCUT2D eigenvalue weighted by Crippen LogP contribution is 2.67. The van der Waals surface area contributed by atoms with Crippen molar-refractivity contribution in [1.29, 1.82) is 0 Å². The number of esters is 1. The Morgan fingerprint density at radius 2 is 1.85 bits per heavy atom. The number of hydrogen-bond acceptors (Lipinski definition) is 5. The van der Waals surface area contributed by atoms with Gasteiger partial charge in [-0.15, -0.1) is 0 Å². The molecule has 0 radical (unpaired) electrons. The third-order valence-electron chi connectivity index (χ3n) is 9.13. The van der Waals surface area contributed by atoms with Gasteiger partial charge >= 0.3 is 5.97 Å². The molecule has 0 amide bonds. The van der Waals surface area contributed by atoms with E-state index in [4.69, 9.17) is 10.5 Å². The van der Waals surface area contributed by atoms with E-state index in [1.165, 1.54) is 7.11 Å². The van der Waals surface area contributed by atoms with Gasteiger partial charge in [-0.2, -0.15) is 0 Å². The minimum atomic E-state index is -0.696. The summed E-state index contributed by atoms with van der Waals surface area (Å²) in [5.41, 5.74) is 7.35. The topological polar surface area (TPSA) is 92.8 Å². The normalized spacial score (nSPS) is 53.4. The maximum Gasteiger partial charge on any atom is 0.330 e. The maximum atomic E-state index is 11.9. The molecule has 0 aromatic rings. The van der Waals surface area contributed by atoms with E-state index in [1.807, 2.05) is 0 Å². The fourth-order valence-electron chi connectivity index (χ4n) is 7.58. The van der Waals surface area contributed by atoms with E-state index in [0.29, 0.717) is 11.8 Å². The van der Waals surface area contributed by atoms with Crippen LogP contribution >= 0.6 is 0 Å². The Hall–Kier alpha value is -0.910. The zero-order valence-electron chi connectivity index (χ0n) is 16.9. The zero-order chi connectivity index (χ0) is 19.6. The first-order valence-electron chi connectivity index (χ1n) is 10.6. The van der Waals surface area contributed by atoms with Crippen LogP contribution in [0.25, 0.3) is 0 Å². The number of carbonyl (C=O) groups excluding carboxylic acids is 1. The standard InChI is InChI=1S/C22H35NO4/c1-21-9-7-15-18(14(21)5-4-12(21)10-17(24)27-3)20(26)19(25)16-11-13(23)6-8-22(15,16)2/h10,13-16,18-20,25-26H,4-9,11,23H2,1-3H3/b12-10+/t13-,14?,15?,16?,18?,19-,20-,21-,22-/m1/s1. The van der Waals surface area contributed by atoms with E-state index in [9.17, 15) is 15.0 Å². The van der Waals surface area contributed by atoms with Gasteiger partial charge in [0.15, 0.2) is 0 Å². The summed E-state index contributed by atoms with van der Waals surface area (Å²) >= 11 is 0. The minimum absolute atomic E-state index is 0.0509. The van der Waals surface area contributed by atoms with Crippen LogP contribution in [-0.2, 0) is 9.53 Å². The van der Waals surface area contributed by atoms with Crippen LogP contribution in [0.4, 0.5) is 0 Å². The summed E-state index contributed by atoms with van der Waals surface area (Å²) in [5, 5.41) is 22.2. The van der Waals surface area contributed by atoms with E-state index in [1.54, 1.807) is 6.08 Å². The van der Waals surface area contributed by atoms with Crippen molar-refractivity contribution in [1.82, 2.24) is 0 Å². The first kappa shape index (κ1) is 19.4. The van der Waals surface area contributed by atoms with Gasteiger partial charge in [0, 0.05) is 12.1 Å². The largest absolute Gasteiger partial charge is 0.466 e. The molecule has 27 heavy (non-hydrogen) atoms. The molecule has 0 heterocycles. The second-order valence-electron chi connectivity index (χ2n) is 10.1. The Morgan fingerprint density at radius 1 is 1.11 bits per heavy atom. The summed E-state index contributed by atoms with van der Waals surface area (Å²) in [5.74, 6) is 0.631. The van der Waals surface area contributed by atoms with Gasteiger partial charge in [0.25, 0.3) is 0 Å². The van der Waals surface area contributed by atoms with E-state index < -0.39 is 12.2 Å². The molecule has 4 unspecified atom stereocenters. The van der Waals surface area contributed by atoms with Crippen LogP contribution < -0.4 is 5.73 Å². The monoisotopic (exact) mass is 377 g/mol. The number of rotatable bonds is 1. The van der Waals surface area contributed by atoms with Gasteiger partial charge in [0.2, 0.25) is 0 Å². The molecule has 9 atom stereocenters.